The van der Waals surface area contributed by atoms with E-state index in [1.807, 2.05) is 6.92 Å². The minimum atomic E-state index is -4.95. The van der Waals surface area contributed by atoms with Crippen molar-refractivity contribution in [1.82, 2.24) is 0 Å². The van der Waals surface area contributed by atoms with Gasteiger partial charge in [0.2, 0.25) is 0 Å². The first kappa shape index (κ1) is 21.9. The van der Waals surface area contributed by atoms with Gasteiger partial charge in [0.15, 0.2) is 0 Å². The number of esters is 1. The fourth-order valence-corrected chi connectivity index (χ4v) is 5.00. The molecule has 160 valence electrons. The first-order chi connectivity index (χ1) is 13.7. The summed E-state index contributed by atoms with van der Waals surface area (Å²) in [7, 11) is 0.899. The van der Waals surface area contributed by atoms with E-state index >= 15 is 0 Å². The van der Waals surface area contributed by atoms with E-state index in [4.69, 9.17) is 9.47 Å². The molecule has 0 bridgehead atoms. The van der Waals surface area contributed by atoms with Gasteiger partial charge >= 0.3 is 12.1 Å². The van der Waals surface area contributed by atoms with E-state index < -0.39 is 23.9 Å². The number of benzene rings is 1. The summed E-state index contributed by atoms with van der Waals surface area (Å²) >= 11 is 0. The Labute approximate surface area is 170 Å². The number of carbonyl (C=O) groups excluding carboxylic acids is 1. The SMILES string of the molecule is CO[C@](C(=O)O[C@@H]1CC[C@@]2(C)CCCCCC2=C1C)(c1ccccc1)C(F)(F)F. The Bertz CT molecular complexity index is 771. The molecule has 0 amide bonds. The summed E-state index contributed by atoms with van der Waals surface area (Å²) in [4.78, 5) is 13.0. The van der Waals surface area contributed by atoms with Gasteiger partial charge in [-0.2, -0.15) is 13.2 Å². The highest BCUT2D eigenvalue weighted by molar-refractivity contribution is 5.83. The van der Waals surface area contributed by atoms with Gasteiger partial charge < -0.3 is 9.47 Å². The number of methoxy groups -OCH3 is 1. The van der Waals surface area contributed by atoms with Crippen LogP contribution < -0.4 is 0 Å². The molecule has 6 heteroatoms. The van der Waals surface area contributed by atoms with Crippen LogP contribution in [0.2, 0.25) is 0 Å². The number of carbonyl (C=O) groups is 1. The Morgan fingerprint density at radius 1 is 1.10 bits per heavy atom. The maximum absolute atomic E-state index is 14.1. The fourth-order valence-electron chi connectivity index (χ4n) is 5.00. The summed E-state index contributed by atoms with van der Waals surface area (Å²) in [5.74, 6) is -1.40. The number of allylic oxidation sites excluding steroid dienone is 1. The minimum Gasteiger partial charge on any atom is -0.455 e. The fraction of sp³-hybridized carbons (Fsp3) is 0.609. The van der Waals surface area contributed by atoms with Crippen LogP contribution in [0.5, 0.6) is 0 Å². The van der Waals surface area contributed by atoms with Gasteiger partial charge in [0.1, 0.15) is 6.10 Å². The van der Waals surface area contributed by atoms with Crippen molar-refractivity contribution in [1.29, 1.82) is 0 Å². The van der Waals surface area contributed by atoms with Gasteiger partial charge in [0, 0.05) is 12.7 Å². The van der Waals surface area contributed by atoms with E-state index in [0.29, 0.717) is 6.42 Å². The van der Waals surface area contributed by atoms with Crippen LogP contribution in [0, 0.1) is 5.41 Å². The summed E-state index contributed by atoms with van der Waals surface area (Å²) in [6.07, 6.45) is 1.13. The highest BCUT2D eigenvalue weighted by atomic mass is 19.4. The highest BCUT2D eigenvalue weighted by Crippen LogP contribution is 2.50. The standard InChI is InChI=1S/C23H29F3O3/c1-16-18-12-8-5-9-14-21(18,2)15-13-19(16)29-20(27)22(28-3,23(24,25)26)17-10-6-4-7-11-17/h4,6-7,10-11,19H,5,8-9,12-15H2,1-3H3/t19-,21-,22+/m1/s1. The van der Waals surface area contributed by atoms with Crippen LogP contribution in [0.1, 0.15) is 64.4 Å². The van der Waals surface area contributed by atoms with Gasteiger partial charge in [-0.25, -0.2) is 4.79 Å². The second-order valence-corrected chi connectivity index (χ2v) is 8.46. The van der Waals surface area contributed by atoms with Gasteiger partial charge in [-0.15, -0.1) is 0 Å². The van der Waals surface area contributed by atoms with Crippen LogP contribution in [0.3, 0.4) is 0 Å². The zero-order chi connectivity index (χ0) is 21.3. The van der Waals surface area contributed by atoms with Gasteiger partial charge in [0.05, 0.1) is 0 Å². The zero-order valence-corrected chi connectivity index (χ0v) is 17.3. The second kappa shape index (κ2) is 8.13. The van der Waals surface area contributed by atoms with Crippen LogP contribution in [0.15, 0.2) is 41.5 Å². The minimum absolute atomic E-state index is 0.0608. The van der Waals surface area contributed by atoms with E-state index in [2.05, 4.69) is 6.92 Å². The molecule has 2 aliphatic rings. The van der Waals surface area contributed by atoms with Crippen molar-refractivity contribution in [3.63, 3.8) is 0 Å². The summed E-state index contributed by atoms with van der Waals surface area (Å²) in [6, 6.07) is 6.98. The van der Waals surface area contributed by atoms with Gasteiger partial charge in [0.25, 0.3) is 5.60 Å². The molecular weight excluding hydrogens is 381 g/mol. The molecule has 3 nitrogen and oxygen atoms in total. The predicted octanol–water partition coefficient (Wildman–Crippen LogP) is 6.08. The monoisotopic (exact) mass is 410 g/mol. The lowest BCUT2D eigenvalue weighted by Gasteiger charge is -2.41. The number of hydrogen-bond donors (Lipinski definition) is 0. The molecule has 1 aromatic carbocycles. The average molecular weight is 410 g/mol. The lowest BCUT2D eigenvalue weighted by molar-refractivity contribution is -0.277. The molecule has 3 rings (SSSR count). The smallest absolute Gasteiger partial charge is 0.432 e. The van der Waals surface area contributed by atoms with Crippen LogP contribution >= 0.6 is 0 Å². The van der Waals surface area contributed by atoms with E-state index in [1.54, 1.807) is 6.07 Å². The zero-order valence-electron chi connectivity index (χ0n) is 17.3. The van der Waals surface area contributed by atoms with Crippen LogP contribution in [0.4, 0.5) is 13.2 Å². The van der Waals surface area contributed by atoms with Gasteiger partial charge in [-0.1, -0.05) is 55.7 Å². The number of hydrogen-bond acceptors (Lipinski definition) is 3. The van der Waals surface area contributed by atoms with Crippen LogP contribution in [-0.2, 0) is 19.9 Å². The van der Waals surface area contributed by atoms with Crippen molar-refractivity contribution < 1.29 is 27.4 Å². The second-order valence-electron chi connectivity index (χ2n) is 8.46. The van der Waals surface area contributed by atoms with Gasteiger partial charge in [-0.05, 0) is 50.0 Å². The number of rotatable bonds is 4. The molecule has 0 heterocycles. The molecule has 1 saturated carbocycles. The first-order valence-electron chi connectivity index (χ1n) is 10.2. The topological polar surface area (TPSA) is 35.5 Å². The Morgan fingerprint density at radius 2 is 1.79 bits per heavy atom. The molecular formula is C23H29F3O3. The summed E-state index contributed by atoms with van der Waals surface area (Å²) < 4.78 is 52.7. The third-order valence-electron chi connectivity index (χ3n) is 6.72. The molecule has 2 aliphatic carbocycles. The van der Waals surface area contributed by atoms with Crippen molar-refractivity contribution in [3.05, 3.63) is 47.0 Å². The third-order valence-corrected chi connectivity index (χ3v) is 6.72. The maximum atomic E-state index is 14.1. The van der Waals surface area contributed by atoms with E-state index in [9.17, 15) is 18.0 Å². The number of ether oxygens (including phenoxy) is 2. The summed E-state index contributed by atoms with van der Waals surface area (Å²) in [5, 5.41) is 0. The molecule has 0 aromatic heterocycles. The predicted molar refractivity (Wildman–Crippen MR) is 104 cm³/mol. The molecule has 0 N–H and O–H groups in total. The first-order valence-corrected chi connectivity index (χ1v) is 10.2. The molecule has 0 spiro atoms. The Balaban J connectivity index is 1.95. The van der Waals surface area contributed by atoms with Crippen molar-refractivity contribution >= 4 is 5.97 Å². The Morgan fingerprint density at radius 3 is 2.41 bits per heavy atom. The average Bonchev–Trinajstić information content (AvgIpc) is 2.87. The normalized spacial score (nSPS) is 27.6. The summed E-state index contributed by atoms with van der Waals surface area (Å²) in [5.41, 5.74) is -1.18. The van der Waals surface area contributed by atoms with Crippen LogP contribution in [0.25, 0.3) is 0 Å². The van der Waals surface area contributed by atoms with Crippen molar-refractivity contribution in [2.24, 2.45) is 5.41 Å². The van der Waals surface area contributed by atoms with E-state index in [-0.39, 0.29) is 11.0 Å². The van der Waals surface area contributed by atoms with Crippen molar-refractivity contribution in [2.45, 2.75) is 76.7 Å². The number of alkyl halides is 3. The lowest BCUT2D eigenvalue weighted by Crippen LogP contribution is -2.53. The van der Waals surface area contributed by atoms with E-state index in [0.717, 1.165) is 51.2 Å². The van der Waals surface area contributed by atoms with E-state index in [1.165, 1.54) is 29.8 Å². The number of fused-ring (bicyclic) bond motifs is 1. The lowest BCUT2D eigenvalue weighted by atomic mass is 9.68. The molecule has 0 aliphatic heterocycles. The maximum Gasteiger partial charge on any atom is 0.432 e. The van der Waals surface area contributed by atoms with Crippen LogP contribution in [-0.4, -0.2) is 25.4 Å². The quantitative estimate of drug-likeness (QED) is 0.446. The highest BCUT2D eigenvalue weighted by Gasteiger charge is 2.64. The molecule has 29 heavy (non-hydrogen) atoms. The summed E-state index contributed by atoms with van der Waals surface area (Å²) in [6.45, 7) is 4.13. The molecule has 1 fully saturated rings. The van der Waals surface area contributed by atoms with Crippen molar-refractivity contribution in [2.75, 3.05) is 7.11 Å². The molecule has 0 saturated heterocycles. The van der Waals surface area contributed by atoms with Gasteiger partial charge in [-0.3, -0.25) is 0 Å². The third kappa shape index (κ3) is 3.83. The Hall–Kier alpha value is -1.82. The number of halogens is 3. The van der Waals surface area contributed by atoms with Crippen molar-refractivity contribution in [3.8, 4) is 0 Å². The molecule has 0 unspecified atom stereocenters. The largest absolute Gasteiger partial charge is 0.455 e. The molecule has 3 atom stereocenters. The molecule has 1 aromatic rings. The Kier molecular flexibility index (Phi) is 6.13. The molecule has 0 radical (unpaired) electrons.